The lowest BCUT2D eigenvalue weighted by Crippen LogP contribution is -2.21. The van der Waals surface area contributed by atoms with Crippen molar-refractivity contribution in [3.8, 4) is 0 Å². The number of hydrogen-bond donors (Lipinski definition) is 2. The summed E-state index contributed by atoms with van der Waals surface area (Å²) in [5.74, 6) is -1.57. The Balaban J connectivity index is 1.76. The van der Waals surface area contributed by atoms with E-state index < -0.39 is 21.5 Å². The lowest BCUT2D eigenvalue weighted by Gasteiger charge is -2.16. The Bertz CT molecular complexity index is 910. The highest BCUT2D eigenvalue weighted by atomic mass is 32.2. The molecule has 132 valence electrons. The first-order valence-electron chi connectivity index (χ1n) is 8.27. The highest BCUT2D eigenvalue weighted by Crippen LogP contribution is 2.41. The maximum atomic E-state index is 13.4. The van der Waals surface area contributed by atoms with Crippen LogP contribution in [0.15, 0.2) is 46.2 Å². The van der Waals surface area contributed by atoms with Gasteiger partial charge in [0, 0.05) is 23.7 Å². The van der Waals surface area contributed by atoms with Gasteiger partial charge in [-0.25, -0.2) is 17.2 Å². The fourth-order valence-corrected chi connectivity index (χ4v) is 5.09. The molecule has 4 nitrogen and oxygen atoms in total. The van der Waals surface area contributed by atoms with Crippen molar-refractivity contribution in [1.29, 1.82) is 0 Å². The normalized spacial score (nSPS) is 22.6. The first kappa shape index (κ1) is 16.5. The molecule has 0 amide bonds. The first-order chi connectivity index (χ1) is 11.9. The summed E-state index contributed by atoms with van der Waals surface area (Å²) in [6.07, 6.45) is 1.89. The zero-order valence-electron chi connectivity index (χ0n) is 13.4. The zero-order chi connectivity index (χ0) is 17.6. The van der Waals surface area contributed by atoms with Gasteiger partial charge in [-0.1, -0.05) is 0 Å². The summed E-state index contributed by atoms with van der Waals surface area (Å²) in [4.78, 5) is -0.300. The molecule has 7 heteroatoms. The monoisotopic (exact) mass is 364 g/mol. The molecule has 2 aromatic rings. The maximum absolute atomic E-state index is 13.4. The summed E-state index contributed by atoms with van der Waals surface area (Å²) < 4.78 is 52.5. The number of hydrogen-bond acceptors (Lipinski definition) is 4. The van der Waals surface area contributed by atoms with Crippen molar-refractivity contribution in [2.45, 2.75) is 34.6 Å². The largest absolute Gasteiger partial charge is 0.381 e. The summed E-state index contributed by atoms with van der Waals surface area (Å²) in [6, 6.07) is 7.54. The Morgan fingerprint density at radius 3 is 2.40 bits per heavy atom. The van der Waals surface area contributed by atoms with E-state index in [4.69, 9.17) is 0 Å². The van der Waals surface area contributed by atoms with E-state index in [9.17, 15) is 17.2 Å². The third kappa shape index (κ3) is 2.91. The first-order valence-corrected chi connectivity index (χ1v) is 9.76. The van der Waals surface area contributed by atoms with Gasteiger partial charge in [0.25, 0.3) is 0 Å². The smallest absolute Gasteiger partial charge is 0.206 e. The Kier molecular flexibility index (Phi) is 4.00. The third-order valence-corrected chi connectivity index (χ3v) is 6.70. The Hall–Kier alpha value is -1.99. The molecule has 2 aliphatic heterocycles. The van der Waals surface area contributed by atoms with Crippen LogP contribution in [-0.4, -0.2) is 27.5 Å². The predicted octanol–water partition coefficient (Wildman–Crippen LogP) is 3.06. The standard InChI is InChI=1S/C18H18F2N2O2S/c19-11-7-12(20)9-14(8-11)25(23,24)13-1-2-17-16(10-13)15-3-5-21-6-4-18(15)22-17/h1-2,7-10,15,18,21-22H,3-6H2/t15-,18?/m1/s1. The lowest BCUT2D eigenvalue weighted by molar-refractivity contribution is 0.566. The van der Waals surface area contributed by atoms with E-state index >= 15 is 0 Å². The molecule has 25 heavy (non-hydrogen) atoms. The minimum Gasteiger partial charge on any atom is -0.381 e. The molecule has 0 bridgehead atoms. The second-order valence-electron chi connectivity index (χ2n) is 6.54. The molecule has 2 aliphatic rings. The summed E-state index contributed by atoms with van der Waals surface area (Å²) in [6.45, 7) is 1.81. The van der Waals surface area contributed by atoms with Crippen LogP contribution in [0.5, 0.6) is 0 Å². The van der Waals surface area contributed by atoms with Crippen LogP contribution in [0, 0.1) is 11.6 Å². The summed E-state index contributed by atoms with van der Waals surface area (Å²) in [5, 5.41) is 6.81. The van der Waals surface area contributed by atoms with Crippen LogP contribution < -0.4 is 10.6 Å². The van der Waals surface area contributed by atoms with Gasteiger partial charge in [0.1, 0.15) is 11.6 Å². The zero-order valence-corrected chi connectivity index (χ0v) is 14.2. The number of anilines is 1. The quantitative estimate of drug-likeness (QED) is 0.860. The maximum Gasteiger partial charge on any atom is 0.206 e. The second kappa shape index (κ2) is 6.07. The molecule has 0 saturated carbocycles. The topological polar surface area (TPSA) is 58.2 Å². The van der Waals surface area contributed by atoms with Crippen molar-refractivity contribution in [2.75, 3.05) is 18.4 Å². The van der Waals surface area contributed by atoms with E-state index in [0.717, 1.165) is 49.3 Å². The number of halogens is 2. The van der Waals surface area contributed by atoms with Gasteiger partial charge in [-0.2, -0.15) is 0 Å². The van der Waals surface area contributed by atoms with Crippen LogP contribution in [0.4, 0.5) is 14.5 Å². The number of fused-ring (bicyclic) bond motifs is 3. The van der Waals surface area contributed by atoms with Crippen LogP contribution in [-0.2, 0) is 9.84 Å². The molecule has 0 aliphatic carbocycles. The SMILES string of the molecule is O=S(=O)(c1cc(F)cc(F)c1)c1ccc2c(c1)[C@H]1CCNCCC1N2. The Morgan fingerprint density at radius 2 is 1.64 bits per heavy atom. The number of nitrogens with one attached hydrogen (secondary N) is 2. The van der Waals surface area contributed by atoms with E-state index in [1.54, 1.807) is 12.1 Å². The van der Waals surface area contributed by atoms with Gasteiger partial charge in [-0.3, -0.25) is 0 Å². The predicted molar refractivity (Wildman–Crippen MR) is 90.5 cm³/mol. The van der Waals surface area contributed by atoms with Crippen LogP contribution in [0.2, 0.25) is 0 Å². The third-order valence-electron chi connectivity index (χ3n) is 4.97. The highest BCUT2D eigenvalue weighted by Gasteiger charge is 2.34. The summed E-state index contributed by atoms with van der Waals surface area (Å²) in [5.41, 5.74) is 1.91. The van der Waals surface area contributed by atoms with E-state index in [1.807, 2.05) is 0 Å². The van der Waals surface area contributed by atoms with Gasteiger partial charge in [-0.15, -0.1) is 0 Å². The number of sulfone groups is 1. The van der Waals surface area contributed by atoms with E-state index in [1.165, 1.54) is 6.07 Å². The van der Waals surface area contributed by atoms with Crippen LogP contribution >= 0.6 is 0 Å². The molecule has 1 unspecified atom stereocenters. The van der Waals surface area contributed by atoms with E-state index in [2.05, 4.69) is 10.6 Å². The highest BCUT2D eigenvalue weighted by molar-refractivity contribution is 7.91. The van der Waals surface area contributed by atoms with Gasteiger partial charge in [-0.05, 0) is 61.8 Å². The second-order valence-corrected chi connectivity index (χ2v) is 8.49. The lowest BCUT2D eigenvalue weighted by atomic mass is 9.91. The fourth-order valence-electron chi connectivity index (χ4n) is 3.75. The molecule has 2 atom stereocenters. The average Bonchev–Trinajstić information content (AvgIpc) is 2.74. The molecular weight excluding hydrogens is 346 g/mol. The minimum absolute atomic E-state index is 0.0657. The Morgan fingerprint density at radius 1 is 0.920 bits per heavy atom. The van der Waals surface area contributed by atoms with Crippen molar-refractivity contribution in [1.82, 2.24) is 5.32 Å². The molecule has 1 saturated heterocycles. The minimum atomic E-state index is -3.98. The number of rotatable bonds is 2. The number of benzene rings is 2. The molecule has 2 N–H and O–H groups in total. The fraction of sp³-hybridized carbons (Fsp3) is 0.333. The van der Waals surface area contributed by atoms with Gasteiger partial charge < -0.3 is 10.6 Å². The molecular formula is C18H18F2N2O2S. The van der Waals surface area contributed by atoms with Crippen molar-refractivity contribution in [2.24, 2.45) is 0 Å². The molecule has 0 radical (unpaired) electrons. The molecule has 0 aromatic heterocycles. The van der Waals surface area contributed by atoms with Crippen molar-refractivity contribution in [3.63, 3.8) is 0 Å². The summed E-state index contributed by atoms with van der Waals surface area (Å²) in [7, 11) is -3.98. The molecule has 1 fully saturated rings. The molecule has 0 spiro atoms. The van der Waals surface area contributed by atoms with Crippen molar-refractivity contribution in [3.05, 3.63) is 53.6 Å². The van der Waals surface area contributed by atoms with Gasteiger partial charge >= 0.3 is 0 Å². The summed E-state index contributed by atoms with van der Waals surface area (Å²) >= 11 is 0. The van der Waals surface area contributed by atoms with Crippen molar-refractivity contribution < 1.29 is 17.2 Å². The van der Waals surface area contributed by atoms with Crippen LogP contribution in [0.1, 0.15) is 24.3 Å². The van der Waals surface area contributed by atoms with E-state index in [0.29, 0.717) is 6.07 Å². The van der Waals surface area contributed by atoms with Gasteiger partial charge in [0.15, 0.2) is 0 Å². The molecule has 4 rings (SSSR count). The van der Waals surface area contributed by atoms with Crippen molar-refractivity contribution >= 4 is 15.5 Å². The molecule has 2 heterocycles. The average molecular weight is 364 g/mol. The molecule has 2 aromatic carbocycles. The van der Waals surface area contributed by atoms with Gasteiger partial charge in [0.2, 0.25) is 9.84 Å². The van der Waals surface area contributed by atoms with Crippen LogP contribution in [0.3, 0.4) is 0 Å². The Labute approximate surface area is 145 Å². The van der Waals surface area contributed by atoms with Gasteiger partial charge in [0.05, 0.1) is 9.79 Å². The van der Waals surface area contributed by atoms with Crippen LogP contribution in [0.25, 0.3) is 0 Å². The van der Waals surface area contributed by atoms with E-state index in [-0.39, 0.29) is 21.8 Å².